The zero-order valence-corrected chi connectivity index (χ0v) is 13.2. The highest BCUT2D eigenvalue weighted by atomic mass is 35.5. The third-order valence-electron chi connectivity index (χ3n) is 3.98. The van der Waals surface area contributed by atoms with Gasteiger partial charge >= 0.3 is 0 Å². The molecule has 0 radical (unpaired) electrons. The Hall–Kier alpha value is -0.730. The van der Waals surface area contributed by atoms with E-state index in [9.17, 15) is 0 Å². The van der Waals surface area contributed by atoms with Gasteiger partial charge in [0.25, 0.3) is 0 Å². The van der Waals surface area contributed by atoms with E-state index in [4.69, 9.17) is 16.3 Å². The second-order valence-electron chi connectivity index (χ2n) is 5.62. The van der Waals surface area contributed by atoms with Gasteiger partial charge in [-0.2, -0.15) is 0 Å². The second kappa shape index (κ2) is 8.53. The maximum absolute atomic E-state index is 6.17. The molecule has 0 bridgehead atoms. The van der Waals surface area contributed by atoms with E-state index >= 15 is 0 Å². The van der Waals surface area contributed by atoms with Gasteiger partial charge in [-0.15, -0.1) is 0 Å². The van der Waals surface area contributed by atoms with Crippen molar-refractivity contribution < 1.29 is 4.74 Å². The standard InChI is InChI=1S/C17H26ClNO/c1-2-10-19-11-12-20-17-9-8-15(18)13-16(17)14-6-4-3-5-7-14/h8-9,13-14,19H,2-7,10-12H2,1H3. The molecule has 0 spiro atoms. The Labute approximate surface area is 127 Å². The van der Waals surface area contributed by atoms with Gasteiger partial charge in [0.15, 0.2) is 0 Å². The van der Waals surface area contributed by atoms with Crippen LogP contribution in [0.1, 0.15) is 56.9 Å². The lowest BCUT2D eigenvalue weighted by Crippen LogP contribution is -2.22. The number of nitrogens with one attached hydrogen (secondary N) is 1. The monoisotopic (exact) mass is 295 g/mol. The Morgan fingerprint density at radius 2 is 2.00 bits per heavy atom. The Morgan fingerprint density at radius 1 is 1.20 bits per heavy atom. The predicted molar refractivity (Wildman–Crippen MR) is 85.9 cm³/mol. The summed E-state index contributed by atoms with van der Waals surface area (Å²) >= 11 is 6.17. The SMILES string of the molecule is CCCNCCOc1ccc(Cl)cc1C1CCCCC1. The molecule has 0 unspecified atom stereocenters. The summed E-state index contributed by atoms with van der Waals surface area (Å²) in [4.78, 5) is 0. The van der Waals surface area contributed by atoms with Crippen molar-refractivity contribution in [1.29, 1.82) is 0 Å². The summed E-state index contributed by atoms with van der Waals surface area (Å²) in [5.41, 5.74) is 1.31. The molecule has 1 aliphatic carbocycles. The summed E-state index contributed by atoms with van der Waals surface area (Å²) < 4.78 is 5.97. The Kier molecular flexibility index (Phi) is 6.68. The molecule has 0 aliphatic heterocycles. The highest BCUT2D eigenvalue weighted by molar-refractivity contribution is 6.30. The first-order valence-electron chi connectivity index (χ1n) is 7.94. The third-order valence-corrected chi connectivity index (χ3v) is 4.22. The van der Waals surface area contributed by atoms with E-state index < -0.39 is 0 Å². The van der Waals surface area contributed by atoms with Crippen LogP contribution in [0, 0.1) is 0 Å². The van der Waals surface area contributed by atoms with E-state index in [1.807, 2.05) is 12.1 Å². The molecular formula is C17H26ClNO. The molecule has 2 nitrogen and oxygen atoms in total. The fourth-order valence-corrected chi connectivity index (χ4v) is 3.10. The summed E-state index contributed by atoms with van der Waals surface area (Å²) in [6.07, 6.45) is 7.72. The topological polar surface area (TPSA) is 21.3 Å². The average Bonchev–Trinajstić information content (AvgIpc) is 2.49. The van der Waals surface area contributed by atoms with Crippen LogP contribution >= 0.6 is 11.6 Å². The van der Waals surface area contributed by atoms with Gasteiger partial charge < -0.3 is 10.1 Å². The summed E-state index contributed by atoms with van der Waals surface area (Å²) in [6, 6.07) is 6.07. The van der Waals surface area contributed by atoms with Crippen molar-refractivity contribution in [1.82, 2.24) is 5.32 Å². The van der Waals surface area contributed by atoms with Gasteiger partial charge in [-0.1, -0.05) is 37.8 Å². The first-order valence-corrected chi connectivity index (χ1v) is 8.32. The van der Waals surface area contributed by atoms with E-state index in [1.165, 1.54) is 37.7 Å². The molecule has 112 valence electrons. The Balaban J connectivity index is 1.96. The number of ether oxygens (including phenoxy) is 1. The summed E-state index contributed by atoms with van der Waals surface area (Å²) in [5, 5.41) is 4.19. The average molecular weight is 296 g/mol. The quantitative estimate of drug-likeness (QED) is 0.732. The van der Waals surface area contributed by atoms with Crippen LogP contribution < -0.4 is 10.1 Å². The number of halogens is 1. The van der Waals surface area contributed by atoms with Crippen molar-refractivity contribution in [3.05, 3.63) is 28.8 Å². The van der Waals surface area contributed by atoms with Gasteiger partial charge in [-0.3, -0.25) is 0 Å². The van der Waals surface area contributed by atoms with Crippen molar-refractivity contribution in [3.8, 4) is 5.75 Å². The number of hydrogen-bond acceptors (Lipinski definition) is 2. The lowest BCUT2D eigenvalue weighted by molar-refractivity contribution is 0.305. The van der Waals surface area contributed by atoms with Crippen molar-refractivity contribution >= 4 is 11.6 Å². The largest absolute Gasteiger partial charge is 0.492 e. The van der Waals surface area contributed by atoms with Crippen LogP contribution in [-0.4, -0.2) is 19.7 Å². The van der Waals surface area contributed by atoms with Crippen molar-refractivity contribution in [2.75, 3.05) is 19.7 Å². The summed E-state index contributed by atoms with van der Waals surface area (Å²) in [5.74, 6) is 1.65. The lowest BCUT2D eigenvalue weighted by Gasteiger charge is -2.24. The highest BCUT2D eigenvalue weighted by Gasteiger charge is 2.19. The van der Waals surface area contributed by atoms with Crippen molar-refractivity contribution in [3.63, 3.8) is 0 Å². The van der Waals surface area contributed by atoms with Crippen LogP contribution in [0.2, 0.25) is 5.02 Å². The Morgan fingerprint density at radius 3 is 2.75 bits per heavy atom. The molecule has 1 saturated carbocycles. The molecule has 1 N–H and O–H groups in total. The molecule has 1 fully saturated rings. The van der Waals surface area contributed by atoms with Gasteiger partial charge in [0.05, 0.1) is 0 Å². The van der Waals surface area contributed by atoms with Gasteiger partial charge in [0.2, 0.25) is 0 Å². The minimum atomic E-state index is 0.626. The Bertz CT molecular complexity index is 402. The summed E-state index contributed by atoms with van der Waals surface area (Å²) in [7, 11) is 0. The molecule has 1 aromatic carbocycles. The fraction of sp³-hybridized carbons (Fsp3) is 0.647. The normalized spacial score (nSPS) is 16.3. The molecule has 0 atom stereocenters. The van der Waals surface area contributed by atoms with Gasteiger partial charge in [-0.05, 0) is 55.5 Å². The molecule has 0 aromatic heterocycles. The smallest absolute Gasteiger partial charge is 0.122 e. The lowest BCUT2D eigenvalue weighted by atomic mass is 9.84. The zero-order valence-electron chi connectivity index (χ0n) is 12.5. The number of benzene rings is 1. The first-order chi connectivity index (χ1) is 9.81. The predicted octanol–water partition coefficient (Wildman–Crippen LogP) is 4.77. The first kappa shape index (κ1) is 15.7. The molecular weight excluding hydrogens is 270 g/mol. The molecule has 20 heavy (non-hydrogen) atoms. The van der Waals surface area contributed by atoms with E-state index in [2.05, 4.69) is 18.3 Å². The molecule has 3 heteroatoms. The van der Waals surface area contributed by atoms with Crippen LogP contribution in [0.5, 0.6) is 5.75 Å². The van der Waals surface area contributed by atoms with Crippen LogP contribution in [0.3, 0.4) is 0 Å². The maximum atomic E-state index is 6.17. The molecule has 0 heterocycles. The molecule has 1 aromatic rings. The van der Waals surface area contributed by atoms with E-state index in [-0.39, 0.29) is 0 Å². The number of hydrogen-bond donors (Lipinski definition) is 1. The highest BCUT2D eigenvalue weighted by Crippen LogP contribution is 2.38. The van der Waals surface area contributed by atoms with Crippen LogP contribution in [0.15, 0.2) is 18.2 Å². The van der Waals surface area contributed by atoms with Gasteiger partial charge in [-0.25, -0.2) is 0 Å². The minimum absolute atomic E-state index is 0.626. The van der Waals surface area contributed by atoms with E-state index in [0.29, 0.717) is 5.92 Å². The van der Waals surface area contributed by atoms with Crippen molar-refractivity contribution in [2.24, 2.45) is 0 Å². The van der Waals surface area contributed by atoms with E-state index in [1.54, 1.807) is 0 Å². The maximum Gasteiger partial charge on any atom is 0.122 e. The van der Waals surface area contributed by atoms with Gasteiger partial charge in [0, 0.05) is 11.6 Å². The fourth-order valence-electron chi connectivity index (χ4n) is 2.92. The van der Waals surface area contributed by atoms with Gasteiger partial charge in [0.1, 0.15) is 12.4 Å². The van der Waals surface area contributed by atoms with Crippen LogP contribution in [0.25, 0.3) is 0 Å². The third kappa shape index (κ3) is 4.68. The van der Waals surface area contributed by atoms with Crippen LogP contribution in [-0.2, 0) is 0 Å². The summed E-state index contributed by atoms with van der Waals surface area (Å²) in [6.45, 7) is 4.86. The minimum Gasteiger partial charge on any atom is -0.492 e. The number of rotatable bonds is 7. The second-order valence-corrected chi connectivity index (χ2v) is 6.05. The molecule has 0 amide bonds. The van der Waals surface area contributed by atoms with E-state index in [0.717, 1.165) is 36.9 Å². The molecule has 0 saturated heterocycles. The van der Waals surface area contributed by atoms with Crippen LogP contribution in [0.4, 0.5) is 0 Å². The zero-order chi connectivity index (χ0) is 14.2. The molecule has 1 aliphatic rings. The van der Waals surface area contributed by atoms with Crippen molar-refractivity contribution in [2.45, 2.75) is 51.4 Å². The molecule has 2 rings (SSSR count).